The largest absolute Gasteiger partial charge is 0.301 e. The number of nitrogens with one attached hydrogen (secondary N) is 2. The Bertz CT molecular complexity index is 1190. The molecule has 11 nitrogen and oxygen atoms in total. The van der Waals surface area contributed by atoms with Gasteiger partial charge in [-0.15, -0.1) is 0 Å². The van der Waals surface area contributed by atoms with Crippen LogP contribution in [0.4, 0.5) is 17.1 Å². The second-order valence-electron chi connectivity index (χ2n) is 6.16. The van der Waals surface area contributed by atoms with Gasteiger partial charge in [-0.1, -0.05) is 18.2 Å². The van der Waals surface area contributed by atoms with E-state index in [0.717, 1.165) is 17.7 Å². The Kier molecular flexibility index (Phi) is 5.21. The molecule has 0 saturated heterocycles. The number of aromatic amines is 1. The third kappa shape index (κ3) is 3.88. The Labute approximate surface area is 163 Å². The van der Waals surface area contributed by atoms with Crippen molar-refractivity contribution in [3.05, 3.63) is 89.9 Å². The molecule has 0 amide bonds. The summed E-state index contributed by atoms with van der Waals surface area (Å²) in [5.74, 6) is 0. The standard InChI is InChI=1S/C18H16N6O5/c1-11-5-3-4-6-16(11)22-18(25)14(12(2)21-22)10-19-20-15-8-7-13(23(26)27)9-17(15)24(28)29/h3-10,20-21H,1-2H3. The van der Waals surface area contributed by atoms with Gasteiger partial charge in [-0.05, 0) is 31.5 Å². The third-order valence-corrected chi connectivity index (χ3v) is 4.24. The number of non-ortho nitro benzene ring substituents is 1. The third-order valence-electron chi connectivity index (χ3n) is 4.24. The van der Waals surface area contributed by atoms with Crippen LogP contribution >= 0.6 is 0 Å². The zero-order valence-electron chi connectivity index (χ0n) is 15.4. The molecule has 0 aliphatic carbocycles. The Balaban J connectivity index is 1.91. The van der Waals surface area contributed by atoms with Crippen LogP contribution in [0.1, 0.15) is 16.8 Å². The molecule has 29 heavy (non-hydrogen) atoms. The first-order valence-corrected chi connectivity index (χ1v) is 8.39. The number of aryl methyl sites for hydroxylation is 2. The maximum Gasteiger partial charge on any atom is 0.301 e. The van der Waals surface area contributed by atoms with Gasteiger partial charge in [-0.25, -0.2) is 4.68 Å². The van der Waals surface area contributed by atoms with Crippen LogP contribution in [0.15, 0.2) is 52.4 Å². The molecule has 3 aromatic rings. The van der Waals surface area contributed by atoms with Crippen molar-refractivity contribution < 1.29 is 9.85 Å². The average molecular weight is 396 g/mol. The van der Waals surface area contributed by atoms with Crippen molar-refractivity contribution in [2.24, 2.45) is 5.10 Å². The Hall–Kier alpha value is -4.28. The smallest absolute Gasteiger partial charge is 0.295 e. The summed E-state index contributed by atoms with van der Waals surface area (Å²) in [5.41, 5.74) is 3.61. The van der Waals surface area contributed by atoms with Crippen molar-refractivity contribution in [3.8, 4) is 5.69 Å². The van der Waals surface area contributed by atoms with E-state index in [1.54, 1.807) is 13.0 Å². The van der Waals surface area contributed by atoms with Gasteiger partial charge in [0.1, 0.15) is 5.69 Å². The maximum atomic E-state index is 12.7. The van der Waals surface area contributed by atoms with Crippen molar-refractivity contribution in [3.63, 3.8) is 0 Å². The molecular formula is C18H16N6O5. The zero-order valence-corrected chi connectivity index (χ0v) is 15.4. The summed E-state index contributed by atoms with van der Waals surface area (Å²) in [6.45, 7) is 3.58. The molecule has 0 unspecified atom stereocenters. The van der Waals surface area contributed by atoms with Gasteiger partial charge in [0.25, 0.3) is 11.2 Å². The number of anilines is 1. The minimum atomic E-state index is -0.752. The van der Waals surface area contributed by atoms with E-state index >= 15 is 0 Å². The topological polar surface area (TPSA) is 148 Å². The van der Waals surface area contributed by atoms with Crippen molar-refractivity contribution in [1.29, 1.82) is 0 Å². The van der Waals surface area contributed by atoms with E-state index in [-0.39, 0.29) is 16.8 Å². The molecule has 0 bridgehead atoms. The average Bonchev–Trinajstić information content (AvgIpc) is 2.96. The second kappa shape index (κ2) is 7.76. The highest BCUT2D eigenvalue weighted by molar-refractivity contribution is 5.81. The van der Waals surface area contributed by atoms with Crippen LogP contribution in [-0.2, 0) is 0 Å². The van der Waals surface area contributed by atoms with E-state index in [1.807, 2.05) is 25.1 Å². The molecule has 1 aromatic heterocycles. The number of nitrogens with zero attached hydrogens (tertiary/aromatic N) is 4. The number of aromatic nitrogens is 2. The number of rotatable bonds is 6. The fourth-order valence-corrected chi connectivity index (χ4v) is 2.74. The summed E-state index contributed by atoms with van der Waals surface area (Å²) in [4.78, 5) is 33.2. The monoisotopic (exact) mass is 396 g/mol. The van der Waals surface area contributed by atoms with Crippen molar-refractivity contribution in [2.45, 2.75) is 13.8 Å². The van der Waals surface area contributed by atoms with Gasteiger partial charge in [-0.2, -0.15) is 5.10 Å². The lowest BCUT2D eigenvalue weighted by atomic mass is 10.2. The highest BCUT2D eigenvalue weighted by Gasteiger charge is 2.19. The molecule has 0 fully saturated rings. The summed E-state index contributed by atoms with van der Waals surface area (Å²) in [6, 6.07) is 10.5. The lowest BCUT2D eigenvalue weighted by Gasteiger charge is -2.04. The molecule has 3 rings (SSSR count). The SMILES string of the molecule is Cc1ccccc1-n1[nH]c(C)c(C=NNc2ccc([N+](=O)[O-])cc2[N+](=O)[O-])c1=O. The van der Waals surface area contributed by atoms with Gasteiger partial charge < -0.3 is 0 Å². The molecule has 0 saturated carbocycles. The number of benzene rings is 2. The van der Waals surface area contributed by atoms with Gasteiger partial charge in [0.2, 0.25) is 0 Å². The first-order valence-electron chi connectivity index (χ1n) is 8.39. The summed E-state index contributed by atoms with van der Waals surface area (Å²) >= 11 is 0. The number of nitro benzene ring substituents is 2. The highest BCUT2D eigenvalue weighted by Crippen LogP contribution is 2.28. The van der Waals surface area contributed by atoms with Crippen molar-refractivity contribution in [1.82, 2.24) is 9.78 Å². The first kappa shape index (κ1) is 19.5. The molecule has 0 spiro atoms. The fraction of sp³-hybridized carbons (Fsp3) is 0.111. The van der Waals surface area contributed by atoms with E-state index in [2.05, 4.69) is 15.6 Å². The molecule has 0 radical (unpaired) electrons. The molecule has 1 heterocycles. The minimum absolute atomic E-state index is 0.0377. The lowest BCUT2D eigenvalue weighted by molar-refractivity contribution is -0.393. The van der Waals surface area contributed by atoms with Crippen molar-refractivity contribution in [2.75, 3.05) is 5.43 Å². The van der Waals surface area contributed by atoms with Crippen molar-refractivity contribution >= 4 is 23.3 Å². The van der Waals surface area contributed by atoms with Crippen LogP contribution in [0.2, 0.25) is 0 Å². The number of para-hydroxylation sites is 1. The number of hydrogen-bond donors (Lipinski definition) is 2. The summed E-state index contributed by atoms with van der Waals surface area (Å²) in [6.07, 6.45) is 1.24. The molecule has 0 aliphatic rings. The van der Waals surface area contributed by atoms with Gasteiger partial charge in [0.15, 0.2) is 0 Å². The quantitative estimate of drug-likeness (QED) is 0.371. The van der Waals surface area contributed by atoms with Crippen LogP contribution < -0.4 is 11.0 Å². The van der Waals surface area contributed by atoms with Crippen LogP contribution in [0, 0.1) is 34.1 Å². The summed E-state index contributed by atoms with van der Waals surface area (Å²) in [5, 5.41) is 28.8. The van der Waals surface area contributed by atoms with Gasteiger partial charge in [0, 0.05) is 11.8 Å². The molecule has 2 aromatic carbocycles. The fourth-order valence-electron chi connectivity index (χ4n) is 2.74. The summed E-state index contributed by atoms with van der Waals surface area (Å²) in [7, 11) is 0. The van der Waals surface area contributed by atoms with Gasteiger partial charge in [0.05, 0.1) is 33.4 Å². The zero-order chi connectivity index (χ0) is 21.1. The van der Waals surface area contributed by atoms with Crippen LogP contribution in [-0.4, -0.2) is 25.8 Å². The molecule has 0 atom stereocenters. The number of hydrogen-bond acceptors (Lipinski definition) is 7. The number of hydrazone groups is 1. The van der Waals surface area contributed by atoms with E-state index in [1.165, 1.54) is 17.0 Å². The lowest BCUT2D eigenvalue weighted by Crippen LogP contribution is -2.18. The van der Waals surface area contributed by atoms with Crippen LogP contribution in [0.5, 0.6) is 0 Å². The predicted molar refractivity (Wildman–Crippen MR) is 107 cm³/mol. The predicted octanol–water partition coefficient (Wildman–Crippen LogP) is 3.04. The van der Waals surface area contributed by atoms with E-state index in [0.29, 0.717) is 11.4 Å². The highest BCUT2D eigenvalue weighted by atomic mass is 16.6. The Morgan fingerprint density at radius 2 is 1.83 bits per heavy atom. The van der Waals surface area contributed by atoms with E-state index < -0.39 is 21.2 Å². The molecule has 0 aliphatic heterocycles. The maximum absolute atomic E-state index is 12.7. The summed E-state index contributed by atoms with van der Waals surface area (Å²) < 4.78 is 1.39. The van der Waals surface area contributed by atoms with Gasteiger partial charge in [-0.3, -0.25) is 35.5 Å². The van der Waals surface area contributed by atoms with Crippen LogP contribution in [0.25, 0.3) is 5.69 Å². The molecule has 2 N–H and O–H groups in total. The van der Waals surface area contributed by atoms with Gasteiger partial charge >= 0.3 is 5.69 Å². The Morgan fingerprint density at radius 3 is 2.48 bits per heavy atom. The number of H-pyrrole nitrogens is 1. The first-order chi connectivity index (χ1) is 13.8. The second-order valence-corrected chi connectivity index (χ2v) is 6.16. The molecular weight excluding hydrogens is 380 g/mol. The van der Waals surface area contributed by atoms with E-state index in [9.17, 15) is 25.0 Å². The minimum Gasteiger partial charge on any atom is -0.295 e. The molecule has 11 heteroatoms. The normalized spacial score (nSPS) is 11.0. The molecule has 148 valence electrons. The van der Waals surface area contributed by atoms with Crippen LogP contribution in [0.3, 0.4) is 0 Å². The Morgan fingerprint density at radius 1 is 1.10 bits per heavy atom. The number of nitro groups is 2. The van der Waals surface area contributed by atoms with E-state index in [4.69, 9.17) is 0 Å².